The molecule has 0 spiro atoms. The molecule has 2 nitrogen and oxygen atoms in total. The maximum atomic E-state index is 13.1. The number of rotatable bonds is 2. The molecule has 2 heterocycles. The fraction of sp³-hybridized carbons (Fsp3) is 0.571. The zero-order valence-corrected chi connectivity index (χ0v) is 10.4. The normalized spacial score (nSPS) is 33.9. The van der Waals surface area contributed by atoms with Gasteiger partial charge in [0.25, 0.3) is 0 Å². The molecule has 1 aromatic carbocycles. The topological polar surface area (TPSA) is 35.2 Å². The third kappa shape index (κ3) is 2.05. The van der Waals surface area contributed by atoms with Crippen LogP contribution in [-0.4, -0.2) is 18.8 Å². The van der Waals surface area contributed by atoms with Crippen molar-refractivity contribution in [2.45, 2.75) is 37.1 Å². The number of nitrogens with two attached hydrogens (primary N) is 1. The van der Waals surface area contributed by atoms with Gasteiger partial charge in [-0.25, -0.2) is 0 Å². The van der Waals surface area contributed by atoms with Gasteiger partial charge in [-0.05, 0) is 31.0 Å². The van der Waals surface area contributed by atoms with Crippen LogP contribution in [0.5, 0.6) is 0 Å². The summed E-state index contributed by atoms with van der Waals surface area (Å²) < 4.78 is 45.1. The largest absolute Gasteiger partial charge is 0.416 e. The minimum absolute atomic E-state index is 0.00208. The van der Waals surface area contributed by atoms with Gasteiger partial charge in [-0.15, -0.1) is 0 Å². The Morgan fingerprint density at radius 2 is 1.84 bits per heavy atom. The van der Waals surface area contributed by atoms with Crippen LogP contribution in [0.15, 0.2) is 24.3 Å². The third-order valence-corrected chi connectivity index (χ3v) is 4.32. The van der Waals surface area contributed by atoms with Gasteiger partial charge in [-0.2, -0.15) is 13.2 Å². The van der Waals surface area contributed by atoms with Crippen molar-refractivity contribution in [2.24, 2.45) is 11.7 Å². The summed E-state index contributed by atoms with van der Waals surface area (Å²) in [5.41, 5.74) is 5.54. The lowest BCUT2D eigenvalue weighted by Crippen LogP contribution is -2.32. The molecule has 0 aromatic heterocycles. The number of hydrogen-bond donors (Lipinski definition) is 1. The highest BCUT2D eigenvalue weighted by Crippen LogP contribution is 2.50. The van der Waals surface area contributed by atoms with E-state index in [1.165, 1.54) is 6.07 Å². The second-order valence-corrected chi connectivity index (χ2v) is 5.30. The average Bonchev–Trinajstić information content (AvgIpc) is 2.97. The van der Waals surface area contributed by atoms with E-state index >= 15 is 0 Å². The van der Waals surface area contributed by atoms with Crippen LogP contribution in [0.25, 0.3) is 0 Å². The Kier molecular flexibility index (Phi) is 3.06. The minimum atomic E-state index is -4.32. The van der Waals surface area contributed by atoms with Gasteiger partial charge in [-0.3, -0.25) is 0 Å². The van der Waals surface area contributed by atoms with Gasteiger partial charge < -0.3 is 10.5 Å². The van der Waals surface area contributed by atoms with Crippen molar-refractivity contribution in [1.82, 2.24) is 0 Å². The Morgan fingerprint density at radius 1 is 1.16 bits per heavy atom. The van der Waals surface area contributed by atoms with Crippen molar-refractivity contribution < 1.29 is 17.9 Å². The van der Waals surface area contributed by atoms with Gasteiger partial charge >= 0.3 is 6.18 Å². The molecule has 2 N–H and O–H groups in total. The molecule has 0 saturated carbocycles. The molecule has 4 unspecified atom stereocenters. The van der Waals surface area contributed by atoms with Crippen LogP contribution in [0.1, 0.15) is 29.9 Å². The number of ether oxygens (including phenoxy) is 1. The molecular weight excluding hydrogens is 255 g/mol. The van der Waals surface area contributed by atoms with Crippen molar-refractivity contribution in [3.63, 3.8) is 0 Å². The van der Waals surface area contributed by atoms with Gasteiger partial charge in [-0.1, -0.05) is 18.2 Å². The highest BCUT2D eigenvalue weighted by atomic mass is 19.4. The molecule has 4 atom stereocenters. The van der Waals surface area contributed by atoms with Crippen molar-refractivity contribution in [1.29, 1.82) is 0 Å². The molecule has 19 heavy (non-hydrogen) atoms. The minimum Gasteiger partial charge on any atom is -0.374 e. The Morgan fingerprint density at radius 3 is 2.53 bits per heavy atom. The van der Waals surface area contributed by atoms with E-state index in [0.717, 1.165) is 18.9 Å². The number of fused-ring (bicyclic) bond motifs is 2. The van der Waals surface area contributed by atoms with E-state index in [2.05, 4.69) is 0 Å². The standard InChI is InChI=1S/C14H16F3NO/c15-14(16,17)10-4-2-1-3-8(10)13-9(7-18)11-5-6-12(13)19-11/h1-4,9,11-13H,5-7,18H2. The summed E-state index contributed by atoms with van der Waals surface area (Å²) >= 11 is 0. The fourth-order valence-corrected chi connectivity index (χ4v) is 3.55. The Bertz CT molecular complexity index is 474. The molecule has 0 amide bonds. The number of hydrogen-bond acceptors (Lipinski definition) is 2. The maximum Gasteiger partial charge on any atom is 0.416 e. The van der Waals surface area contributed by atoms with Gasteiger partial charge in [0.15, 0.2) is 0 Å². The maximum absolute atomic E-state index is 13.1. The predicted octanol–water partition coefficient (Wildman–Crippen LogP) is 2.93. The molecule has 2 bridgehead atoms. The lowest BCUT2D eigenvalue weighted by Gasteiger charge is -2.29. The van der Waals surface area contributed by atoms with Crippen LogP contribution in [0, 0.1) is 5.92 Å². The highest BCUT2D eigenvalue weighted by Gasteiger charge is 2.50. The Labute approximate surface area is 109 Å². The first kappa shape index (κ1) is 12.9. The number of alkyl halides is 3. The average molecular weight is 271 g/mol. The fourth-order valence-electron chi connectivity index (χ4n) is 3.55. The number of benzene rings is 1. The molecule has 2 fully saturated rings. The lowest BCUT2D eigenvalue weighted by atomic mass is 9.74. The van der Waals surface area contributed by atoms with Crippen molar-refractivity contribution >= 4 is 0 Å². The summed E-state index contributed by atoms with van der Waals surface area (Å²) in [4.78, 5) is 0. The molecule has 2 aliphatic rings. The molecule has 0 radical (unpaired) electrons. The van der Waals surface area contributed by atoms with Crippen molar-refractivity contribution in [2.75, 3.05) is 6.54 Å². The van der Waals surface area contributed by atoms with Crippen molar-refractivity contribution in [3.05, 3.63) is 35.4 Å². The van der Waals surface area contributed by atoms with E-state index in [1.807, 2.05) is 0 Å². The van der Waals surface area contributed by atoms with Crippen LogP contribution in [0.3, 0.4) is 0 Å². The first-order chi connectivity index (χ1) is 9.02. The van der Waals surface area contributed by atoms with Gasteiger partial charge in [0.1, 0.15) is 0 Å². The highest BCUT2D eigenvalue weighted by molar-refractivity contribution is 5.35. The van der Waals surface area contributed by atoms with Crippen LogP contribution in [0.2, 0.25) is 0 Å². The lowest BCUT2D eigenvalue weighted by molar-refractivity contribution is -0.138. The quantitative estimate of drug-likeness (QED) is 0.897. The summed E-state index contributed by atoms with van der Waals surface area (Å²) in [6, 6.07) is 5.80. The smallest absolute Gasteiger partial charge is 0.374 e. The summed E-state index contributed by atoms with van der Waals surface area (Å²) in [7, 11) is 0. The molecular formula is C14H16F3NO. The molecule has 3 rings (SSSR count). The summed E-state index contributed by atoms with van der Waals surface area (Å²) in [5.74, 6) is -0.219. The zero-order chi connectivity index (χ0) is 13.6. The second-order valence-electron chi connectivity index (χ2n) is 5.30. The summed E-state index contributed by atoms with van der Waals surface area (Å²) in [5, 5.41) is 0. The van der Waals surface area contributed by atoms with E-state index in [1.54, 1.807) is 12.1 Å². The summed E-state index contributed by atoms with van der Waals surface area (Å²) in [6.45, 7) is 0.373. The van der Waals surface area contributed by atoms with E-state index in [9.17, 15) is 13.2 Å². The SMILES string of the molecule is NCC1C2CCC(O2)C1c1ccccc1C(F)(F)F. The molecule has 1 aromatic rings. The molecule has 2 aliphatic heterocycles. The summed E-state index contributed by atoms with van der Waals surface area (Å²) in [6.07, 6.45) is -2.66. The molecule has 2 saturated heterocycles. The van der Waals surface area contributed by atoms with E-state index in [-0.39, 0.29) is 24.0 Å². The van der Waals surface area contributed by atoms with Gasteiger partial charge in [0, 0.05) is 11.8 Å². The van der Waals surface area contributed by atoms with Gasteiger partial charge in [0.2, 0.25) is 0 Å². The first-order valence-corrected chi connectivity index (χ1v) is 6.54. The molecule has 5 heteroatoms. The Hall–Kier alpha value is -1.07. The van der Waals surface area contributed by atoms with E-state index in [0.29, 0.717) is 12.1 Å². The van der Waals surface area contributed by atoms with Crippen LogP contribution in [-0.2, 0) is 10.9 Å². The van der Waals surface area contributed by atoms with Crippen LogP contribution >= 0.6 is 0 Å². The first-order valence-electron chi connectivity index (χ1n) is 6.54. The zero-order valence-electron chi connectivity index (χ0n) is 10.4. The molecule has 104 valence electrons. The third-order valence-electron chi connectivity index (χ3n) is 4.32. The van der Waals surface area contributed by atoms with Crippen LogP contribution in [0.4, 0.5) is 13.2 Å². The number of halogens is 3. The van der Waals surface area contributed by atoms with E-state index < -0.39 is 11.7 Å². The predicted molar refractivity (Wildman–Crippen MR) is 64.6 cm³/mol. The van der Waals surface area contributed by atoms with E-state index in [4.69, 9.17) is 10.5 Å². The second kappa shape index (κ2) is 4.49. The van der Waals surface area contributed by atoms with Crippen LogP contribution < -0.4 is 5.73 Å². The van der Waals surface area contributed by atoms with Crippen molar-refractivity contribution in [3.8, 4) is 0 Å². The monoisotopic (exact) mass is 271 g/mol. The van der Waals surface area contributed by atoms with Gasteiger partial charge in [0.05, 0.1) is 17.8 Å². The Balaban J connectivity index is 2.03. The molecule has 0 aliphatic carbocycles.